The average Bonchev–Trinajstić information content (AvgIpc) is 3.12. The lowest BCUT2D eigenvalue weighted by Crippen LogP contribution is -2.17. The predicted octanol–water partition coefficient (Wildman–Crippen LogP) is 6.32. The Morgan fingerprint density at radius 2 is 1.97 bits per heavy atom. The van der Waals surface area contributed by atoms with E-state index in [1.54, 1.807) is 42.5 Å². The van der Waals surface area contributed by atoms with Crippen molar-refractivity contribution < 1.29 is 9.18 Å². The van der Waals surface area contributed by atoms with E-state index in [1.807, 2.05) is 12.1 Å². The summed E-state index contributed by atoms with van der Waals surface area (Å²) in [6, 6.07) is 16.7. The molecule has 8 heteroatoms. The van der Waals surface area contributed by atoms with Gasteiger partial charge in [-0.15, -0.1) is 0 Å². The van der Waals surface area contributed by atoms with E-state index >= 15 is 0 Å². The molecule has 1 aromatic heterocycles. The molecule has 0 unspecified atom stereocenters. The Labute approximate surface area is 194 Å². The van der Waals surface area contributed by atoms with Gasteiger partial charge in [-0.1, -0.05) is 48.3 Å². The van der Waals surface area contributed by atoms with Crippen molar-refractivity contribution in [3.63, 3.8) is 0 Å². The Morgan fingerprint density at radius 3 is 2.72 bits per heavy atom. The number of hydrazone groups is 1. The van der Waals surface area contributed by atoms with E-state index in [0.29, 0.717) is 26.9 Å². The zero-order valence-corrected chi connectivity index (χ0v) is 18.7. The maximum atomic E-state index is 13.7. The highest BCUT2D eigenvalue weighted by Gasteiger charge is 2.16. The molecule has 0 aliphatic carbocycles. The van der Waals surface area contributed by atoms with Gasteiger partial charge in [-0.25, -0.2) is 14.8 Å². The average molecular weight is 469 g/mol. The van der Waals surface area contributed by atoms with Gasteiger partial charge < -0.3 is 4.57 Å². The first kappa shape index (κ1) is 22.0. The van der Waals surface area contributed by atoms with Crippen molar-refractivity contribution in [2.45, 2.75) is 19.9 Å². The molecule has 1 N–H and O–H groups in total. The van der Waals surface area contributed by atoms with Crippen molar-refractivity contribution in [1.29, 1.82) is 0 Å². The number of imidazole rings is 1. The van der Waals surface area contributed by atoms with E-state index in [4.69, 9.17) is 28.2 Å². The van der Waals surface area contributed by atoms with E-state index in [-0.39, 0.29) is 5.56 Å². The second-order valence-corrected chi connectivity index (χ2v) is 7.98. The Morgan fingerprint density at radius 1 is 1.16 bits per heavy atom. The minimum atomic E-state index is -0.421. The van der Waals surface area contributed by atoms with E-state index in [9.17, 15) is 9.18 Å². The molecular formula is C24H19Cl2FN4O. The standard InChI is InChI=1S/C24H19Cl2FN4O/c1-2-11-31-22-10-7-15(24(32)30-28-14-16-5-3-4-6-20(16)27)12-21(22)29-23(31)18-9-8-17(25)13-19(18)26/h3-10,12-14H,2,11H2,1H3,(H,30,32)/b28-14+. The van der Waals surface area contributed by atoms with Gasteiger partial charge in [-0.05, 0) is 48.9 Å². The van der Waals surface area contributed by atoms with Crippen molar-refractivity contribution in [3.8, 4) is 11.4 Å². The molecule has 32 heavy (non-hydrogen) atoms. The lowest BCUT2D eigenvalue weighted by atomic mass is 10.2. The van der Waals surface area contributed by atoms with Gasteiger partial charge in [0.25, 0.3) is 5.91 Å². The van der Waals surface area contributed by atoms with Gasteiger partial charge in [0.2, 0.25) is 0 Å². The zero-order valence-electron chi connectivity index (χ0n) is 17.1. The van der Waals surface area contributed by atoms with E-state index < -0.39 is 11.7 Å². The van der Waals surface area contributed by atoms with E-state index in [1.165, 1.54) is 12.3 Å². The number of nitrogens with zero attached hydrogens (tertiary/aromatic N) is 3. The first-order chi connectivity index (χ1) is 15.5. The monoisotopic (exact) mass is 468 g/mol. The van der Waals surface area contributed by atoms with Crippen LogP contribution < -0.4 is 5.43 Å². The molecule has 0 aliphatic rings. The summed E-state index contributed by atoms with van der Waals surface area (Å²) in [4.78, 5) is 17.3. The zero-order chi connectivity index (χ0) is 22.7. The van der Waals surface area contributed by atoms with Gasteiger partial charge >= 0.3 is 0 Å². The molecule has 162 valence electrons. The molecule has 0 bridgehead atoms. The van der Waals surface area contributed by atoms with Crippen LogP contribution in [-0.4, -0.2) is 21.7 Å². The summed E-state index contributed by atoms with van der Waals surface area (Å²) in [7, 11) is 0. The summed E-state index contributed by atoms with van der Waals surface area (Å²) in [6.07, 6.45) is 2.17. The minimum Gasteiger partial charge on any atom is -0.324 e. The van der Waals surface area contributed by atoms with Crippen LogP contribution in [0, 0.1) is 5.82 Å². The molecule has 1 amide bonds. The fourth-order valence-corrected chi connectivity index (χ4v) is 3.90. The van der Waals surface area contributed by atoms with Crippen LogP contribution in [0.5, 0.6) is 0 Å². The van der Waals surface area contributed by atoms with Crippen LogP contribution in [0.2, 0.25) is 10.0 Å². The number of halogens is 3. The molecule has 4 aromatic rings. The summed E-state index contributed by atoms with van der Waals surface area (Å²) in [6.45, 7) is 2.82. The number of benzene rings is 3. The first-order valence-corrected chi connectivity index (χ1v) is 10.8. The number of aromatic nitrogens is 2. The molecule has 0 atom stereocenters. The van der Waals surface area contributed by atoms with Crippen molar-refractivity contribution in [2.24, 2.45) is 5.10 Å². The summed E-state index contributed by atoms with van der Waals surface area (Å²) in [5, 5.41) is 4.91. The third kappa shape index (κ3) is 4.52. The summed E-state index contributed by atoms with van der Waals surface area (Å²) in [5.74, 6) is -0.129. The Bertz CT molecular complexity index is 1330. The molecule has 0 radical (unpaired) electrons. The van der Waals surface area contributed by atoms with Crippen LogP contribution in [0.1, 0.15) is 29.3 Å². The van der Waals surface area contributed by atoms with E-state index in [0.717, 1.165) is 24.0 Å². The molecule has 0 aliphatic heterocycles. The van der Waals surface area contributed by atoms with Gasteiger partial charge in [0.1, 0.15) is 11.6 Å². The number of amides is 1. The quantitative estimate of drug-likeness (QED) is 0.265. The number of aryl methyl sites for hydroxylation is 1. The Balaban J connectivity index is 1.65. The second-order valence-electron chi connectivity index (χ2n) is 7.14. The highest BCUT2D eigenvalue weighted by Crippen LogP contribution is 2.32. The summed E-state index contributed by atoms with van der Waals surface area (Å²) < 4.78 is 15.7. The molecule has 0 saturated carbocycles. The van der Waals surface area contributed by atoms with Crippen LogP contribution >= 0.6 is 23.2 Å². The van der Waals surface area contributed by atoms with Gasteiger partial charge in [0.15, 0.2) is 0 Å². The summed E-state index contributed by atoms with van der Waals surface area (Å²) >= 11 is 12.5. The molecular weight excluding hydrogens is 450 g/mol. The number of carbonyl (C=O) groups is 1. The van der Waals surface area contributed by atoms with Gasteiger partial charge in [-0.2, -0.15) is 5.10 Å². The van der Waals surface area contributed by atoms with Crippen molar-refractivity contribution in [3.05, 3.63) is 87.7 Å². The van der Waals surface area contributed by atoms with Crippen LogP contribution in [0.3, 0.4) is 0 Å². The Kier molecular flexibility index (Phi) is 6.53. The van der Waals surface area contributed by atoms with Crippen molar-refractivity contribution in [2.75, 3.05) is 0 Å². The lowest BCUT2D eigenvalue weighted by molar-refractivity contribution is 0.0955. The first-order valence-electron chi connectivity index (χ1n) is 10.0. The molecule has 0 spiro atoms. The van der Waals surface area contributed by atoms with Gasteiger partial charge in [0, 0.05) is 28.3 Å². The van der Waals surface area contributed by atoms with Gasteiger partial charge in [-0.3, -0.25) is 4.79 Å². The molecule has 4 rings (SSSR count). The van der Waals surface area contributed by atoms with Crippen LogP contribution in [0.4, 0.5) is 4.39 Å². The molecule has 0 fully saturated rings. The Hall–Kier alpha value is -3.22. The predicted molar refractivity (Wildman–Crippen MR) is 127 cm³/mol. The number of hydrogen-bond acceptors (Lipinski definition) is 3. The van der Waals surface area contributed by atoms with Crippen molar-refractivity contribution >= 4 is 46.4 Å². The normalized spacial score (nSPS) is 11.4. The fourth-order valence-electron chi connectivity index (χ4n) is 3.40. The van der Waals surface area contributed by atoms with Crippen LogP contribution in [0.15, 0.2) is 65.8 Å². The topological polar surface area (TPSA) is 59.3 Å². The molecule has 1 heterocycles. The second kappa shape index (κ2) is 9.51. The minimum absolute atomic E-state index is 0.283. The third-order valence-corrected chi connectivity index (χ3v) is 5.45. The highest BCUT2D eigenvalue weighted by atomic mass is 35.5. The summed E-state index contributed by atoms with van der Waals surface area (Å²) in [5.41, 5.74) is 5.41. The number of fused-ring (bicyclic) bond motifs is 1. The third-order valence-electron chi connectivity index (χ3n) is 4.90. The van der Waals surface area contributed by atoms with Crippen LogP contribution in [0.25, 0.3) is 22.4 Å². The molecule has 0 saturated heterocycles. The number of rotatable bonds is 6. The van der Waals surface area contributed by atoms with E-state index in [2.05, 4.69) is 22.0 Å². The van der Waals surface area contributed by atoms with Crippen LogP contribution in [-0.2, 0) is 6.54 Å². The molecule has 5 nitrogen and oxygen atoms in total. The maximum Gasteiger partial charge on any atom is 0.271 e. The number of nitrogens with one attached hydrogen (secondary N) is 1. The fraction of sp³-hybridized carbons (Fsp3) is 0.125. The van der Waals surface area contributed by atoms with Crippen molar-refractivity contribution in [1.82, 2.24) is 15.0 Å². The highest BCUT2D eigenvalue weighted by molar-refractivity contribution is 6.36. The van der Waals surface area contributed by atoms with Gasteiger partial charge in [0.05, 0.1) is 22.3 Å². The maximum absolute atomic E-state index is 13.7. The molecule has 3 aromatic carbocycles. The number of hydrogen-bond donors (Lipinski definition) is 1. The number of carbonyl (C=O) groups excluding carboxylic acids is 1. The SMILES string of the molecule is CCCn1c(-c2ccc(Cl)cc2Cl)nc2cc(C(=O)N/N=C/c3ccccc3F)ccc21. The smallest absolute Gasteiger partial charge is 0.271 e. The lowest BCUT2D eigenvalue weighted by Gasteiger charge is -2.09. The largest absolute Gasteiger partial charge is 0.324 e.